The first kappa shape index (κ1) is 12.0. The number of benzene rings is 1. The molecule has 0 aliphatic rings. The smallest absolute Gasteiger partial charge is 0.318 e. The molecule has 0 atom stereocenters. The Hall–Kier alpha value is -2.09. The third-order valence-corrected chi connectivity index (χ3v) is 2.82. The van der Waals surface area contributed by atoms with Gasteiger partial charge >= 0.3 is 6.03 Å². The van der Waals surface area contributed by atoms with Crippen LogP contribution in [0, 0.1) is 0 Å². The van der Waals surface area contributed by atoms with Gasteiger partial charge in [0.15, 0.2) is 0 Å². The molecular weight excluding hydrogens is 232 g/mol. The second-order valence-electron chi connectivity index (χ2n) is 2.75. The fourth-order valence-electron chi connectivity index (χ4n) is 0.924. The lowest BCUT2D eigenvalue weighted by Crippen LogP contribution is -2.40. The van der Waals surface area contributed by atoms with Crippen molar-refractivity contribution in [1.29, 1.82) is 0 Å². The molecule has 0 saturated carbocycles. The van der Waals surface area contributed by atoms with Crippen molar-refractivity contribution >= 4 is 22.0 Å². The third kappa shape index (κ3) is 3.24. The fraction of sp³-hybridized carbons (Fsp3) is 0. The third-order valence-electron chi connectivity index (χ3n) is 1.51. The highest BCUT2D eigenvalue weighted by molar-refractivity contribution is 7.90. The highest BCUT2D eigenvalue weighted by atomic mass is 32.2. The first-order valence-corrected chi connectivity index (χ1v) is 5.58. The molecule has 0 radical (unpaired) electrons. The van der Waals surface area contributed by atoms with E-state index in [1.54, 1.807) is 18.2 Å². The minimum atomic E-state index is -3.91. The zero-order valence-corrected chi connectivity index (χ0v) is 8.94. The van der Waals surface area contributed by atoms with Gasteiger partial charge in [0.1, 0.15) is 0 Å². The summed E-state index contributed by atoms with van der Waals surface area (Å²) in [5.74, 6) is -0.573. The van der Waals surface area contributed by atoms with Crippen LogP contribution < -0.4 is 16.8 Å². The van der Waals surface area contributed by atoms with Crippen LogP contribution in [0.5, 0.6) is 0 Å². The van der Waals surface area contributed by atoms with Gasteiger partial charge < -0.3 is 11.5 Å². The Labute approximate surface area is 92.2 Å². The summed E-state index contributed by atoms with van der Waals surface area (Å²) < 4.78 is 26.3. The number of nitrogens with zero attached hydrogens (tertiary/aromatic N) is 1. The number of guanidine groups is 1. The van der Waals surface area contributed by atoms with Gasteiger partial charge in [-0.15, -0.1) is 4.40 Å². The average molecular weight is 242 g/mol. The average Bonchev–Trinajstić information content (AvgIpc) is 2.16. The molecular formula is C8H10N4O3S. The minimum Gasteiger partial charge on any atom is -0.369 e. The maximum Gasteiger partial charge on any atom is 0.318 e. The molecule has 0 heterocycles. The van der Waals surface area contributed by atoms with Crippen molar-refractivity contribution in [2.75, 3.05) is 0 Å². The maximum absolute atomic E-state index is 11.6. The Bertz CT molecular complexity index is 509. The molecule has 86 valence electrons. The van der Waals surface area contributed by atoms with E-state index in [1.165, 1.54) is 12.1 Å². The van der Waals surface area contributed by atoms with Crippen LogP contribution in [0.3, 0.4) is 0 Å². The molecule has 16 heavy (non-hydrogen) atoms. The van der Waals surface area contributed by atoms with Gasteiger partial charge in [-0.1, -0.05) is 18.2 Å². The Morgan fingerprint density at radius 2 is 1.75 bits per heavy atom. The van der Waals surface area contributed by atoms with Crippen molar-refractivity contribution in [3.63, 3.8) is 0 Å². The van der Waals surface area contributed by atoms with Gasteiger partial charge in [-0.05, 0) is 12.1 Å². The molecule has 0 unspecified atom stereocenters. The Morgan fingerprint density at radius 3 is 2.25 bits per heavy atom. The number of nitrogens with one attached hydrogen (secondary N) is 1. The van der Waals surface area contributed by atoms with Crippen LogP contribution in [0.1, 0.15) is 0 Å². The number of amides is 2. The molecule has 0 fully saturated rings. The van der Waals surface area contributed by atoms with Crippen LogP contribution in [-0.2, 0) is 10.0 Å². The molecule has 0 bridgehead atoms. The first-order chi connectivity index (χ1) is 7.42. The predicted octanol–water partition coefficient (Wildman–Crippen LogP) is -0.642. The van der Waals surface area contributed by atoms with Crippen LogP contribution in [0.25, 0.3) is 0 Å². The van der Waals surface area contributed by atoms with Crippen molar-refractivity contribution in [2.24, 2.45) is 15.9 Å². The number of sulfonamides is 1. The zero-order chi connectivity index (χ0) is 12.2. The maximum atomic E-state index is 11.6. The van der Waals surface area contributed by atoms with Gasteiger partial charge in [0.05, 0.1) is 4.90 Å². The van der Waals surface area contributed by atoms with Crippen molar-refractivity contribution < 1.29 is 13.2 Å². The van der Waals surface area contributed by atoms with Crippen molar-refractivity contribution in [2.45, 2.75) is 4.90 Å². The van der Waals surface area contributed by atoms with E-state index in [0.29, 0.717) is 0 Å². The van der Waals surface area contributed by atoms with Gasteiger partial charge in [-0.2, -0.15) is 8.42 Å². The van der Waals surface area contributed by atoms with Gasteiger partial charge in [-0.25, -0.2) is 4.79 Å². The lowest BCUT2D eigenvalue weighted by Gasteiger charge is -2.01. The number of carbonyl (C=O) groups is 1. The molecule has 7 nitrogen and oxygen atoms in total. The van der Waals surface area contributed by atoms with Gasteiger partial charge in [0.25, 0.3) is 10.0 Å². The number of rotatable bonds is 2. The van der Waals surface area contributed by atoms with Crippen molar-refractivity contribution in [3.8, 4) is 0 Å². The monoisotopic (exact) mass is 242 g/mol. The molecule has 1 aromatic rings. The molecule has 0 spiro atoms. The largest absolute Gasteiger partial charge is 0.369 e. The van der Waals surface area contributed by atoms with E-state index in [0.717, 1.165) is 0 Å². The molecule has 5 N–H and O–H groups in total. The summed E-state index contributed by atoms with van der Waals surface area (Å²) in [6.07, 6.45) is 0. The molecule has 1 rings (SSSR count). The SMILES string of the molecule is NC(=O)N/C(N)=N/S(=O)(=O)c1ccccc1. The summed E-state index contributed by atoms with van der Waals surface area (Å²) in [5, 5.41) is 1.86. The summed E-state index contributed by atoms with van der Waals surface area (Å²) in [6.45, 7) is 0. The molecule has 0 aliphatic heterocycles. The second-order valence-corrected chi connectivity index (χ2v) is 4.36. The van der Waals surface area contributed by atoms with Crippen LogP contribution >= 0.6 is 0 Å². The van der Waals surface area contributed by atoms with Gasteiger partial charge in [-0.3, -0.25) is 5.32 Å². The van der Waals surface area contributed by atoms with E-state index in [9.17, 15) is 13.2 Å². The molecule has 2 amide bonds. The Morgan fingerprint density at radius 1 is 1.19 bits per heavy atom. The number of hydrogen-bond donors (Lipinski definition) is 3. The Balaban J connectivity index is 3.01. The number of carbonyl (C=O) groups excluding carboxylic acids is 1. The highest BCUT2D eigenvalue weighted by Gasteiger charge is 2.12. The molecule has 0 saturated heterocycles. The lowest BCUT2D eigenvalue weighted by atomic mass is 10.4. The zero-order valence-electron chi connectivity index (χ0n) is 8.12. The molecule has 0 aromatic heterocycles. The topological polar surface area (TPSA) is 128 Å². The number of primary amides is 1. The van der Waals surface area contributed by atoms with Gasteiger partial charge in [0, 0.05) is 0 Å². The minimum absolute atomic E-state index is 0.0239. The lowest BCUT2D eigenvalue weighted by molar-refractivity contribution is 0.253. The van der Waals surface area contributed by atoms with Crippen LogP contribution in [0.15, 0.2) is 39.6 Å². The summed E-state index contributed by atoms with van der Waals surface area (Å²) in [4.78, 5) is 10.4. The van der Waals surface area contributed by atoms with E-state index >= 15 is 0 Å². The van der Waals surface area contributed by atoms with E-state index in [1.807, 2.05) is 5.32 Å². The van der Waals surface area contributed by atoms with E-state index < -0.39 is 22.0 Å². The van der Waals surface area contributed by atoms with Crippen LogP contribution in [-0.4, -0.2) is 20.4 Å². The molecule has 1 aromatic carbocycles. The quantitative estimate of drug-likeness (QED) is 0.470. The van der Waals surface area contributed by atoms with E-state index in [-0.39, 0.29) is 4.90 Å². The fourth-order valence-corrected chi connectivity index (χ4v) is 1.83. The second kappa shape index (κ2) is 4.62. The van der Waals surface area contributed by atoms with Crippen LogP contribution in [0.2, 0.25) is 0 Å². The summed E-state index contributed by atoms with van der Waals surface area (Å²) in [7, 11) is -3.91. The number of hydrogen-bond acceptors (Lipinski definition) is 3. The van der Waals surface area contributed by atoms with Crippen molar-refractivity contribution in [1.82, 2.24) is 5.32 Å². The normalized spacial score (nSPS) is 12.1. The standard InChI is InChI=1S/C8H10N4O3S/c9-7(11-8(10)13)12-16(14,15)6-4-2-1-3-5-6/h1-5H,(H5,9,10,11,12,13). The molecule has 0 aliphatic carbocycles. The predicted molar refractivity (Wildman–Crippen MR) is 58.0 cm³/mol. The first-order valence-electron chi connectivity index (χ1n) is 4.14. The van der Waals surface area contributed by atoms with E-state index in [2.05, 4.69) is 4.40 Å². The summed E-state index contributed by atoms with van der Waals surface area (Å²) in [5.41, 5.74) is 9.90. The highest BCUT2D eigenvalue weighted by Crippen LogP contribution is 2.10. The molecule has 8 heteroatoms. The number of urea groups is 1. The van der Waals surface area contributed by atoms with Crippen LogP contribution in [0.4, 0.5) is 4.79 Å². The summed E-state index contributed by atoms with van der Waals surface area (Å²) >= 11 is 0. The Kier molecular flexibility index (Phi) is 3.46. The summed E-state index contributed by atoms with van der Waals surface area (Å²) in [6, 6.07) is 6.48. The number of nitrogens with two attached hydrogens (primary N) is 2. The van der Waals surface area contributed by atoms with Crippen molar-refractivity contribution in [3.05, 3.63) is 30.3 Å². The van der Waals surface area contributed by atoms with E-state index in [4.69, 9.17) is 11.5 Å². The van der Waals surface area contributed by atoms with Gasteiger partial charge in [0.2, 0.25) is 5.96 Å².